The largest absolute Gasteiger partial charge is 0.489 e. The molecule has 0 unspecified atom stereocenters. The molecular weight excluding hydrogens is 454 g/mol. The van der Waals surface area contributed by atoms with Gasteiger partial charge in [0.2, 0.25) is 5.95 Å². The van der Waals surface area contributed by atoms with Crippen LogP contribution >= 0.6 is 0 Å². The van der Waals surface area contributed by atoms with Gasteiger partial charge in [-0.25, -0.2) is 4.98 Å². The minimum absolute atomic E-state index is 0.271. The topological polar surface area (TPSA) is 90.3 Å². The van der Waals surface area contributed by atoms with E-state index in [1.54, 1.807) is 25.4 Å². The van der Waals surface area contributed by atoms with E-state index < -0.39 is 0 Å². The first-order valence-electron chi connectivity index (χ1n) is 11.5. The molecule has 0 bridgehead atoms. The van der Waals surface area contributed by atoms with Gasteiger partial charge in [0.05, 0.1) is 11.0 Å². The summed E-state index contributed by atoms with van der Waals surface area (Å²) in [7, 11) is 3.51. The van der Waals surface area contributed by atoms with Gasteiger partial charge in [0.15, 0.2) is 0 Å². The molecule has 0 saturated heterocycles. The van der Waals surface area contributed by atoms with E-state index in [-0.39, 0.29) is 11.6 Å². The van der Waals surface area contributed by atoms with Crippen molar-refractivity contribution < 1.29 is 14.3 Å². The standard InChI is InChI=1S/C28H25N5O3/c1-29-27(34)25-17-23(14-15-30-25)36-22-12-13-26-24(16-22)32-28(33(26)2)31-20-8-10-21(11-9-20)35-18-19-6-4-3-5-7-19/h3-17H,18H2,1-2H3,(H,29,34)(H,31,32). The molecule has 3 aromatic carbocycles. The van der Waals surface area contributed by atoms with Crippen LogP contribution in [0.15, 0.2) is 91.1 Å². The molecule has 8 heteroatoms. The number of benzene rings is 3. The van der Waals surface area contributed by atoms with Gasteiger partial charge < -0.3 is 24.7 Å². The number of fused-ring (bicyclic) bond motifs is 1. The maximum Gasteiger partial charge on any atom is 0.269 e. The highest BCUT2D eigenvalue weighted by atomic mass is 16.5. The summed E-state index contributed by atoms with van der Waals surface area (Å²) in [6, 6.07) is 26.8. The second-order valence-corrected chi connectivity index (χ2v) is 8.13. The quantitative estimate of drug-likeness (QED) is 0.308. The van der Waals surface area contributed by atoms with Crippen molar-refractivity contribution in [1.29, 1.82) is 0 Å². The number of carbonyl (C=O) groups is 1. The van der Waals surface area contributed by atoms with Crippen LogP contribution in [-0.2, 0) is 13.7 Å². The number of aryl methyl sites for hydroxylation is 1. The molecule has 36 heavy (non-hydrogen) atoms. The summed E-state index contributed by atoms with van der Waals surface area (Å²) in [6.45, 7) is 0.523. The Hall–Kier alpha value is -4.85. The zero-order chi connectivity index (χ0) is 24.9. The second-order valence-electron chi connectivity index (χ2n) is 8.13. The average Bonchev–Trinajstić information content (AvgIpc) is 3.22. The highest BCUT2D eigenvalue weighted by Crippen LogP contribution is 2.28. The van der Waals surface area contributed by atoms with Crippen LogP contribution in [0.3, 0.4) is 0 Å². The van der Waals surface area contributed by atoms with E-state index in [4.69, 9.17) is 14.5 Å². The molecular formula is C28H25N5O3. The van der Waals surface area contributed by atoms with Crippen molar-refractivity contribution in [1.82, 2.24) is 19.9 Å². The van der Waals surface area contributed by atoms with Crippen molar-refractivity contribution in [3.8, 4) is 17.2 Å². The monoisotopic (exact) mass is 479 g/mol. The summed E-state index contributed by atoms with van der Waals surface area (Å²) in [4.78, 5) is 20.6. The molecule has 2 heterocycles. The molecule has 5 aromatic rings. The summed E-state index contributed by atoms with van der Waals surface area (Å²) in [5.41, 5.74) is 4.04. The van der Waals surface area contributed by atoms with Crippen LogP contribution in [-0.4, -0.2) is 27.5 Å². The Morgan fingerprint density at radius 1 is 0.917 bits per heavy atom. The van der Waals surface area contributed by atoms with Gasteiger partial charge in [-0.05, 0) is 48.0 Å². The first-order chi connectivity index (χ1) is 17.6. The first kappa shape index (κ1) is 22.9. The minimum Gasteiger partial charge on any atom is -0.489 e. The molecule has 0 spiro atoms. The third-order valence-electron chi connectivity index (χ3n) is 5.64. The second kappa shape index (κ2) is 10.2. The molecule has 0 aliphatic carbocycles. The Labute approximate surface area is 208 Å². The Balaban J connectivity index is 1.28. The van der Waals surface area contributed by atoms with E-state index >= 15 is 0 Å². The van der Waals surface area contributed by atoms with Crippen LogP contribution in [0.5, 0.6) is 17.2 Å². The fourth-order valence-corrected chi connectivity index (χ4v) is 3.72. The number of anilines is 2. The number of nitrogens with one attached hydrogen (secondary N) is 2. The highest BCUT2D eigenvalue weighted by molar-refractivity contribution is 5.92. The maximum atomic E-state index is 11.8. The smallest absolute Gasteiger partial charge is 0.269 e. The summed E-state index contributed by atoms with van der Waals surface area (Å²) in [5.74, 6) is 2.36. The van der Waals surface area contributed by atoms with E-state index in [2.05, 4.69) is 15.6 Å². The van der Waals surface area contributed by atoms with Gasteiger partial charge in [0.25, 0.3) is 5.91 Å². The van der Waals surface area contributed by atoms with E-state index in [9.17, 15) is 4.79 Å². The van der Waals surface area contributed by atoms with Crippen LogP contribution < -0.4 is 20.1 Å². The molecule has 0 radical (unpaired) electrons. The molecule has 0 aliphatic rings. The Morgan fingerprint density at radius 2 is 1.67 bits per heavy atom. The number of ether oxygens (including phenoxy) is 2. The molecule has 0 atom stereocenters. The number of aromatic nitrogens is 3. The van der Waals surface area contributed by atoms with Gasteiger partial charge in [-0.2, -0.15) is 0 Å². The number of carbonyl (C=O) groups excluding carboxylic acids is 1. The highest BCUT2D eigenvalue weighted by Gasteiger charge is 2.11. The number of hydrogen-bond donors (Lipinski definition) is 2. The predicted molar refractivity (Wildman–Crippen MR) is 139 cm³/mol. The number of imidazole rings is 1. The molecule has 2 N–H and O–H groups in total. The van der Waals surface area contributed by atoms with Crippen molar-refractivity contribution in [3.63, 3.8) is 0 Å². The van der Waals surface area contributed by atoms with Crippen LogP contribution in [0.4, 0.5) is 11.6 Å². The summed E-state index contributed by atoms with van der Waals surface area (Å²) in [6.07, 6.45) is 1.54. The summed E-state index contributed by atoms with van der Waals surface area (Å²) in [5, 5.41) is 5.92. The van der Waals surface area contributed by atoms with E-state index in [1.165, 1.54) is 0 Å². The van der Waals surface area contributed by atoms with Gasteiger partial charge in [0.1, 0.15) is 29.5 Å². The van der Waals surface area contributed by atoms with Crippen molar-refractivity contribution in [2.45, 2.75) is 6.61 Å². The average molecular weight is 480 g/mol. The Morgan fingerprint density at radius 3 is 2.44 bits per heavy atom. The molecule has 8 nitrogen and oxygen atoms in total. The number of amides is 1. The molecule has 5 rings (SSSR count). The maximum absolute atomic E-state index is 11.8. The molecule has 2 aromatic heterocycles. The van der Waals surface area contributed by atoms with E-state index in [0.717, 1.165) is 28.0 Å². The van der Waals surface area contributed by atoms with Crippen molar-refractivity contribution >= 4 is 28.6 Å². The lowest BCUT2D eigenvalue weighted by molar-refractivity contribution is 0.0958. The summed E-state index contributed by atoms with van der Waals surface area (Å²) >= 11 is 0. The van der Waals surface area contributed by atoms with E-state index in [0.29, 0.717) is 24.1 Å². The number of pyridine rings is 1. The molecule has 0 aliphatic heterocycles. The fraction of sp³-hybridized carbons (Fsp3) is 0.107. The Bertz CT molecular complexity index is 1500. The lowest BCUT2D eigenvalue weighted by Crippen LogP contribution is -2.18. The Kier molecular flexibility index (Phi) is 6.48. The van der Waals surface area contributed by atoms with Crippen LogP contribution in [0.2, 0.25) is 0 Å². The lowest BCUT2D eigenvalue weighted by Gasteiger charge is -2.09. The van der Waals surface area contributed by atoms with Crippen molar-refractivity contribution in [2.24, 2.45) is 7.05 Å². The van der Waals surface area contributed by atoms with E-state index in [1.807, 2.05) is 84.4 Å². The minimum atomic E-state index is -0.271. The van der Waals surface area contributed by atoms with Crippen LogP contribution in [0, 0.1) is 0 Å². The third-order valence-corrected chi connectivity index (χ3v) is 5.64. The summed E-state index contributed by atoms with van der Waals surface area (Å²) < 4.78 is 13.8. The number of rotatable bonds is 8. The SMILES string of the molecule is CNC(=O)c1cc(Oc2ccc3c(c2)nc(Nc2ccc(OCc4ccccc4)cc2)n3C)ccn1. The van der Waals surface area contributed by atoms with Gasteiger partial charge in [-0.1, -0.05) is 30.3 Å². The van der Waals surface area contributed by atoms with Gasteiger partial charge in [0, 0.05) is 38.1 Å². The predicted octanol–water partition coefficient (Wildman–Crippen LogP) is 5.44. The first-order valence-corrected chi connectivity index (χ1v) is 11.5. The molecule has 0 saturated carbocycles. The molecule has 180 valence electrons. The van der Waals surface area contributed by atoms with Gasteiger partial charge in [-0.3, -0.25) is 9.78 Å². The normalized spacial score (nSPS) is 10.7. The zero-order valence-electron chi connectivity index (χ0n) is 19.9. The van der Waals surface area contributed by atoms with Crippen LogP contribution in [0.1, 0.15) is 16.1 Å². The zero-order valence-corrected chi connectivity index (χ0v) is 19.9. The molecule has 1 amide bonds. The lowest BCUT2D eigenvalue weighted by atomic mass is 10.2. The van der Waals surface area contributed by atoms with Crippen molar-refractivity contribution in [3.05, 3.63) is 102 Å². The molecule has 0 fully saturated rings. The van der Waals surface area contributed by atoms with Gasteiger partial charge in [-0.15, -0.1) is 0 Å². The van der Waals surface area contributed by atoms with Gasteiger partial charge >= 0.3 is 0 Å². The van der Waals surface area contributed by atoms with Crippen molar-refractivity contribution in [2.75, 3.05) is 12.4 Å². The number of nitrogens with zero attached hydrogens (tertiary/aromatic N) is 3. The van der Waals surface area contributed by atoms with Crippen LogP contribution in [0.25, 0.3) is 11.0 Å². The third kappa shape index (κ3) is 5.12. The fourth-order valence-electron chi connectivity index (χ4n) is 3.72. The number of hydrogen-bond acceptors (Lipinski definition) is 6.